The second kappa shape index (κ2) is 6.98. The van der Waals surface area contributed by atoms with E-state index >= 15 is 0 Å². The van der Waals surface area contributed by atoms with Crippen LogP contribution in [0.3, 0.4) is 0 Å². The topological polar surface area (TPSA) is 93.8 Å². The first-order valence-electron chi connectivity index (χ1n) is 6.32. The van der Waals surface area contributed by atoms with Crippen molar-refractivity contribution in [2.75, 3.05) is 7.11 Å². The first-order chi connectivity index (χ1) is 10.6. The van der Waals surface area contributed by atoms with Gasteiger partial charge in [0.05, 0.1) is 18.2 Å². The second-order valence-corrected chi connectivity index (χ2v) is 4.25. The Balaban J connectivity index is 2.10. The maximum atomic E-state index is 11.9. The summed E-state index contributed by atoms with van der Waals surface area (Å²) in [5.74, 6) is 0.0143. The number of carbonyl (C=O) groups excluding carboxylic acids is 1. The van der Waals surface area contributed by atoms with Crippen LogP contribution in [0.2, 0.25) is 0 Å². The summed E-state index contributed by atoms with van der Waals surface area (Å²) in [5.41, 5.74) is 2.68. The molecule has 0 aromatic heterocycles. The lowest BCUT2D eigenvalue weighted by molar-refractivity contribution is -0.385. The lowest BCUT2D eigenvalue weighted by Crippen LogP contribution is -2.18. The summed E-state index contributed by atoms with van der Waals surface area (Å²) in [6.07, 6.45) is 1.43. The first kappa shape index (κ1) is 15.2. The third-order valence-corrected chi connectivity index (χ3v) is 2.82. The minimum Gasteiger partial charge on any atom is -0.497 e. The highest BCUT2D eigenvalue weighted by molar-refractivity contribution is 5.98. The highest BCUT2D eigenvalue weighted by atomic mass is 16.6. The average Bonchev–Trinajstić information content (AvgIpc) is 2.55. The summed E-state index contributed by atoms with van der Waals surface area (Å²) < 4.78 is 5.07. The maximum Gasteiger partial charge on any atom is 0.282 e. The smallest absolute Gasteiger partial charge is 0.282 e. The molecule has 0 fully saturated rings. The van der Waals surface area contributed by atoms with Gasteiger partial charge in [-0.1, -0.05) is 24.3 Å². The molecule has 1 N–H and O–H groups in total. The molecule has 112 valence electrons. The number of hydrazone groups is 1. The van der Waals surface area contributed by atoms with E-state index in [1.807, 2.05) is 0 Å². The summed E-state index contributed by atoms with van der Waals surface area (Å²) in [7, 11) is 1.55. The van der Waals surface area contributed by atoms with Crippen molar-refractivity contribution in [1.82, 2.24) is 5.43 Å². The molecule has 0 spiro atoms. The molecule has 0 bridgehead atoms. The van der Waals surface area contributed by atoms with Crippen LogP contribution in [0, 0.1) is 10.1 Å². The van der Waals surface area contributed by atoms with E-state index in [0.717, 1.165) is 5.56 Å². The molecule has 22 heavy (non-hydrogen) atoms. The standard InChI is InChI=1S/C15H13N3O4/c1-22-12-6-4-5-11(9-12)10-16-17-15(19)13-7-2-3-8-14(13)18(20)21/h2-10H,1H3,(H,17,19)/b16-10+. The monoisotopic (exact) mass is 299 g/mol. The van der Waals surface area contributed by atoms with Crippen LogP contribution in [-0.2, 0) is 0 Å². The van der Waals surface area contributed by atoms with Gasteiger partial charge in [-0.3, -0.25) is 14.9 Å². The van der Waals surface area contributed by atoms with Crippen molar-refractivity contribution in [2.24, 2.45) is 5.10 Å². The Labute approximate surface area is 126 Å². The lowest BCUT2D eigenvalue weighted by Gasteiger charge is -2.02. The van der Waals surface area contributed by atoms with Gasteiger partial charge in [-0.2, -0.15) is 5.10 Å². The Morgan fingerprint density at radius 1 is 1.27 bits per heavy atom. The molecule has 0 saturated carbocycles. The van der Waals surface area contributed by atoms with Gasteiger partial charge in [0.2, 0.25) is 0 Å². The van der Waals surface area contributed by atoms with E-state index in [1.165, 1.54) is 24.4 Å². The number of rotatable bonds is 5. The van der Waals surface area contributed by atoms with Crippen LogP contribution in [-0.4, -0.2) is 24.2 Å². The van der Waals surface area contributed by atoms with Gasteiger partial charge in [0, 0.05) is 6.07 Å². The fourth-order valence-electron chi connectivity index (χ4n) is 1.77. The van der Waals surface area contributed by atoms with E-state index in [-0.39, 0.29) is 11.3 Å². The van der Waals surface area contributed by atoms with E-state index in [9.17, 15) is 14.9 Å². The lowest BCUT2D eigenvalue weighted by atomic mass is 10.2. The molecule has 7 heteroatoms. The zero-order valence-corrected chi connectivity index (χ0v) is 11.7. The third kappa shape index (κ3) is 3.66. The van der Waals surface area contributed by atoms with E-state index in [2.05, 4.69) is 10.5 Å². The SMILES string of the molecule is COc1cccc(/C=N/NC(=O)c2ccccc2[N+](=O)[O-])c1. The van der Waals surface area contributed by atoms with Gasteiger partial charge in [0.15, 0.2) is 0 Å². The summed E-state index contributed by atoms with van der Waals surface area (Å²) in [6.45, 7) is 0. The molecule has 0 aliphatic carbocycles. The summed E-state index contributed by atoms with van der Waals surface area (Å²) in [5, 5.41) is 14.7. The number of nitrogens with one attached hydrogen (secondary N) is 1. The van der Waals surface area contributed by atoms with Crippen LogP contribution in [0.4, 0.5) is 5.69 Å². The first-order valence-corrected chi connectivity index (χ1v) is 6.32. The van der Waals surface area contributed by atoms with Gasteiger partial charge >= 0.3 is 0 Å². The van der Waals surface area contributed by atoms with Gasteiger partial charge in [-0.05, 0) is 23.8 Å². The number of nitro groups is 1. The molecule has 0 heterocycles. The number of hydrogen-bond acceptors (Lipinski definition) is 5. The van der Waals surface area contributed by atoms with Gasteiger partial charge < -0.3 is 4.74 Å². The Morgan fingerprint density at radius 3 is 2.77 bits per heavy atom. The fourth-order valence-corrected chi connectivity index (χ4v) is 1.77. The average molecular weight is 299 g/mol. The molecule has 0 aliphatic rings. The predicted octanol–water partition coefficient (Wildman–Crippen LogP) is 2.37. The number of hydrogen-bond donors (Lipinski definition) is 1. The van der Waals surface area contributed by atoms with Crippen LogP contribution >= 0.6 is 0 Å². The molecule has 0 saturated heterocycles. The minimum absolute atomic E-state index is 0.0460. The molecule has 2 aromatic carbocycles. The number of para-hydroxylation sites is 1. The van der Waals surface area contributed by atoms with Crippen LogP contribution in [0.15, 0.2) is 53.6 Å². The predicted molar refractivity (Wildman–Crippen MR) is 81.2 cm³/mol. The van der Waals surface area contributed by atoms with Crippen LogP contribution in [0.5, 0.6) is 5.75 Å². The molecule has 0 radical (unpaired) electrons. The number of ether oxygens (including phenoxy) is 1. The normalized spacial score (nSPS) is 10.4. The van der Waals surface area contributed by atoms with Crippen LogP contribution < -0.4 is 10.2 Å². The molecule has 0 atom stereocenters. The van der Waals surface area contributed by atoms with Crippen molar-refractivity contribution in [2.45, 2.75) is 0 Å². The fraction of sp³-hybridized carbons (Fsp3) is 0.0667. The highest BCUT2D eigenvalue weighted by Crippen LogP contribution is 2.17. The van der Waals surface area contributed by atoms with Crippen LogP contribution in [0.25, 0.3) is 0 Å². The van der Waals surface area contributed by atoms with E-state index in [1.54, 1.807) is 37.4 Å². The largest absolute Gasteiger partial charge is 0.497 e. The molecule has 1 amide bonds. The Hall–Kier alpha value is -3.22. The molecule has 0 unspecified atom stereocenters. The highest BCUT2D eigenvalue weighted by Gasteiger charge is 2.18. The van der Waals surface area contributed by atoms with E-state index in [0.29, 0.717) is 5.75 Å². The van der Waals surface area contributed by atoms with Crippen molar-refractivity contribution in [3.8, 4) is 5.75 Å². The molecule has 2 rings (SSSR count). The van der Waals surface area contributed by atoms with Gasteiger partial charge in [-0.15, -0.1) is 0 Å². The molecule has 0 aliphatic heterocycles. The Morgan fingerprint density at radius 2 is 2.05 bits per heavy atom. The number of benzene rings is 2. The minimum atomic E-state index is -0.647. The summed E-state index contributed by atoms with van der Waals surface area (Å²) in [4.78, 5) is 22.2. The summed E-state index contributed by atoms with van der Waals surface area (Å²) in [6, 6.07) is 12.8. The summed E-state index contributed by atoms with van der Waals surface area (Å²) >= 11 is 0. The Bertz CT molecular complexity index is 728. The third-order valence-electron chi connectivity index (χ3n) is 2.82. The molecular weight excluding hydrogens is 286 g/mol. The van der Waals surface area contributed by atoms with Crippen molar-refractivity contribution in [3.05, 3.63) is 69.8 Å². The second-order valence-electron chi connectivity index (χ2n) is 4.25. The number of carbonyl (C=O) groups is 1. The van der Waals surface area contributed by atoms with Gasteiger partial charge in [0.25, 0.3) is 11.6 Å². The number of nitrogens with zero attached hydrogens (tertiary/aromatic N) is 2. The zero-order valence-electron chi connectivity index (χ0n) is 11.7. The quantitative estimate of drug-likeness (QED) is 0.521. The molecule has 7 nitrogen and oxygen atoms in total. The molecular formula is C15H13N3O4. The van der Waals surface area contributed by atoms with Gasteiger partial charge in [0.1, 0.15) is 11.3 Å². The van der Waals surface area contributed by atoms with Crippen molar-refractivity contribution < 1.29 is 14.5 Å². The number of nitro benzene ring substituents is 1. The Kier molecular flexibility index (Phi) is 4.81. The van der Waals surface area contributed by atoms with Crippen molar-refractivity contribution in [3.63, 3.8) is 0 Å². The maximum absolute atomic E-state index is 11.9. The van der Waals surface area contributed by atoms with Gasteiger partial charge in [-0.25, -0.2) is 5.43 Å². The molecule has 2 aromatic rings. The van der Waals surface area contributed by atoms with E-state index < -0.39 is 10.8 Å². The number of methoxy groups -OCH3 is 1. The zero-order chi connectivity index (χ0) is 15.9. The van der Waals surface area contributed by atoms with Crippen LogP contribution in [0.1, 0.15) is 15.9 Å². The van der Waals surface area contributed by atoms with E-state index in [4.69, 9.17) is 4.74 Å². The van der Waals surface area contributed by atoms with Crippen molar-refractivity contribution in [1.29, 1.82) is 0 Å². The van der Waals surface area contributed by atoms with Crippen molar-refractivity contribution >= 4 is 17.8 Å². The number of amides is 1.